The van der Waals surface area contributed by atoms with E-state index in [1.165, 1.54) is 0 Å². The summed E-state index contributed by atoms with van der Waals surface area (Å²) in [4.78, 5) is 14.5. The SMILES string of the molecule is COC1CN(C(=O)C23CC(COCCCCCOC(C)(C)C)(C2)C3)C1. The predicted molar refractivity (Wildman–Crippen MR) is 96.5 cm³/mol. The molecule has 1 heterocycles. The molecule has 5 nitrogen and oxygen atoms in total. The van der Waals surface area contributed by atoms with Crippen molar-refractivity contribution in [1.82, 2.24) is 4.90 Å². The fraction of sp³-hybridized carbons (Fsp3) is 0.950. The first-order valence-electron chi connectivity index (χ1n) is 9.82. The maximum Gasteiger partial charge on any atom is 0.229 e. The Kier molecular flexibility index (Phi) is 5.48. The van der Waals surface area contributed by atoms with Crippen LogP contribution < -0.4 is 0 Å². The van der Waals surface area contributed by atoms with Crippen LogP contribution in [0, 0.1) is 10.8 Å². The van der Waals surface area contributed by atoms with E-state index in [1.54, 1.807) is 7.11 Å². The van der Waals surface area contributed by atoms with E-state index in [9.17, 15) is 4.79 Å². The van der Waals surface area contributed by atoms with Crippen LogP contribution in [0.1, 0.15) is 59.3 Å². The highest BCUT2D eigenvalue weighted by atomic mass is 16.5. The summed E-state index contributed by atoms with van der Waals surface area (Å²) in [6.45, 7) is 10.3. The molecule has 1 saturated heterocycles. The zero-order valence-electron chi connectivity index (χ0n) is 16.4. The molecular formula is C20H35NO4. The number of hydrogen-bond acceptors (Lipinski definition) is 4. The molecule has 0 aromatic rings. The average molecular weight is 354 g/mol. The van der Waals surface area contributed by atoms with Crippen LogP contribution in [0.5, 0.6) is 0 Å². The van der Waals surface area contributed by atoms with E-state index >= 15 is 0 Å². The van der Waals surface area contributed by atoms with Crippen LogP contribution in [0.4, 0.5) is 0 Å². The molecule has 4 fully saturated rings. The summed E-state index contributed by atoms with van der Waals surface area (Å²) in [5.74, 6) is 0.363. The number of methoxy groups -OCH3 is 1. The number of nitrogens with zero attached hydrogens (tertiary/aromatic N) is 1. The second kappa shape index (κ2) is 7.16. The maximum absolute atomic E-state index is 12.5. The monoisotopic (exact) mass is 353 g/mol. The zero-order chi connectivity index (χ0) is 18.1. The van der Waals surface area contributed by atoms with Gasteiger partial charge in [-0.15, -0.1) is 0 Å². The van der Waals surface area contributed by atoms with E-state index in [2.05, 4.69) is 20.8 Å². The molecule has 0 atom stereocenters. The minimum Gasteiger partial charge on any atom is -0.381 e. The molecule has 1 aliphatic heterocycles. The largest absolute Gasteiger partial charge is 0.381 e. The molecular weight excluding hydrogens is 318 g/mol. The standard InChI is InChI=1S/C20H35NO4/c1-18(2,3)25-9-7-5-6-8-24-15-19-12-20(13-19,14-19)17(22)21-10-16(11-21)23-4/h16H,5-15H2,1-4H3. The molecule has 25 heavy (non-hydrogen) atoms. The molecule has 3 aliphatic carbocycles. The van der Waals surface area contributed by atoms with Gasteiger partial charge in [-0.05, 0) is 64.7 Å². The summed E-state index contributed by atoms with van der Waals surface area (Å²) in [5, 5.41) is 0. The highest BCUT2D eigenvalue weighted by Crippen LogP contribution is 2.74. The van der Waals surface area contributed by atoms with Crippen LogP contribution in [0.25, 0.3) is 0 Å². The highest BCUT2D eigenvalue weighted by molar-refractivity contribution is 5.87. The molecule has 0 spiro atoms. The number of rotatable bonds is 10. The third kappa shape index (κ3) is 4.20. The van der Waals surface area contributed by atoms with Crippen LogP contribution in [-0.2, 0) is 19.0 Å². The molecule has 0 radical (unpaired) electrons. The molecule has 4 rings (SSSR count). The van der Waals surface area contributed by atoms with Crippen molar-refractivity contribution in [3.05, 3.63) is 0 Å². The number of likely N-dealkylation sites (tertiary alicyclic amines) is 1. The third-order valence-corrected chi connectivity index (χ3v) is 5.94. The molecule has 0 aromatic heterocycles. The van der Waals surface area contributed by atoms with Gasteiger partial charge in [0.1, 0.15) is 0 Å². The fourth-order valence-corrected chi connectivity index (χ4v) is 4.62. The first kappa shape index (κ1) is 19.1. The summed E-state index contributed by atoms with van der Waals surface area (Å²) in [6.07, 6.45) is 6.70. The first-order chi connectivity index (χ1) is 11.8. The van der Waals surface area contributed by atoms with Crippen molar-refractivity contribution < 1.29 is 19.0 Å². The Balaban J connectivity index is 1.21. The zero-order valence-corrected chi connectivity index (χ0v) is 16.4. The van der Waals surface area contributed by atoms with Crippen molar-refractivity contribution >= 4 is 5.91 Å². The second-order valence-electron chi connectivity index (χ2n) is 9.45. The number of carbonyl (C=O) groups excluding carboxylic acids is 1. The Morgan fingerprint density at radius 2 is 1.72 bits per heavy atom. The van der Waals surface area contributed by atoms with Crippen LogP contribution >= 0.6 is 0 Å². The molecule has 5 heteroatoms. The van der Waals surface area contributed by atoms with E-state index in [0.29, 0.717) is 11.3 Å². The molecule has 144 valence electrons. The molecule has 3 saturated carbocycles. The lowest BCUT2D eigenvalue weighted by Gasteiger charge is -2.70. The predicted octanol–water partition coefficient (Wildman–Crippen LogP) is 3.02. The number of carbonyl (C=O) groups is 1. The van der Waals surface area contributed by atoms with Gasteiger partial charge in [0, 0.05) is 33.4 Å². The van der Waals surface area contributed by atoms with Crippen molar-refractivity contribution in [2.75, 3.05) is 40.0 Å². The van der Waals surface area contributed by atoms with Gasteiger partial charge in [-0.2, -0.15) is 0 Å². The lowest BCUT2D eigenvalue weighted by atomic mass is 9.35. The highest BCUT2D eigenvalue weighted by Gasteiger charge is 2.72. The lowest BCUT2D eigenvalue weighted by Crippen LogP contribution is -2.72. The number of ether oxygens (including phenoxy) is 3. The van der Waals surface area contributed by atoms with Crippen LogP contribution in [-0.4, -0.2) is 62.5 Å². The molecule has 4 aliphatic rings. The van der Waals surface area contributed by atoms with Crippen LogP contribution in [0.2, 0.25) is 0 Å². The van der Waals surface area contributed by atoms with Gasteiger partial charge in [0.25, 0.3) is 0 Å². The van der Waals surface area contributed by atoms with Crippen molar-refractivity contribution in [2.45, 2.75) is 71.0 Å². The van der Waals surface area contributed by atoms with E-state index in [0.717, 1.165) is 71.4 Å². The third-order valence-electron chi connectivity index (χ3n) is 5.94. The Morgan fingerprint density at radius 1 is 1.08 bits per heavy atom. The summed E-state index contributed by atoms with van der Waals surface area (Å²) < 4.78 is 16.9. The molecule has 0 unspecified atom stereocenters. The van der Waals surface area contributed by atoms with Gasteiger partial charge in [0.05, 0.1) is 23.7 Å². The molecule has 0 aromatic carbocycles. The molecule has 1 amide bonds. The first-order valence-corrected chi connectivity index (χ1v) is 9.82. The van der Waals surface area contributed by atoms with Gasteiger partial charge in [0.2, 0.25) is 5.91 Å². The lowest BCUT2D eigenvalue weighted by molar-refractivity contribution is -0.239. The van der Waals surface area contributed by atoms with Crippen molar-refractivity contribution in [3.63, 3.8) is 0 Å². The minimum absolute atomic E-state index is 0.0332. The Morgan fingerprint density at radius 3 is 2.32 bits per heavy atom. The quantitative estimate of drug-likeness (QED) is 0.567. The van der Waals surface area contributed by atoms with Gasteiger partial charge in [-0.3, -0.25) is 4.79 Å². The van der Waals surface area contributed by atoms with E-state index in [-0.39, 0.29) is 17.1 Å². The minimum atomic E-state index is -0.0354. The summed E-state index contributed by atoms with van der Waals surface area (Å²) in [7, 11) is 1.72. The van der Waals surface area contributed by atoms with Crippen LogP contribution in [0.3, 0.4) is 0 Å². The summed E-state index contributed by atoms with van der Waals surface area (Å²) in [5.41, 5.74) is 0.247. The maximum atomic E-state index is 12.5. The molecule has 2 bridgehead atoms. The van der Waals surface area contributed by atoms with E-state index in [1.807, 2.05) is 4.90 Å². The fourth-order valence-electron chi connectivity index (χ4n) is 4.62. The molecule has 0 N–H and O–H groups in total. The number of hydrogen-bond donors (Lipinski definition) is 0. The van der Waals surface area contributed by atoms with Crippen molar-refractivity contribution in [3.8, 4) is 0 Å². The topological polar surface area (TPSA) is 48.0 Å². The Bertz CT molecular complexity index is 459. The van der Waals surface area contributed by atoms with Gasteiger partial charge in [0.15, 0.2) is 0 Å². The van der Waals surface area contributed by atoms with Gasteiger partial charge >= 0.3 is 0 Å². The van der Waals surface area contributed by atoms with Gasteiger partial charge in [-0.1, -0.05) is 0 Å². The van der Waals surface area contributed by atoms with Gasteiger partial charge in [-0.25, -0.2) is 0 Å². The normalized spacial score (nSPS) is 31.3. The van der Waals surface area contributed by atoms with E-state index in [4.69, 9.17) is 14.2 Å². The van der Waals surface area contributed by atoms with Crippen molar-refractivity contribution in [2.24, 2.45) is 10.8 Å². The Hall–Kier alpha value is -0.650. The Labute approximate surface area is 152 Å². The number of amides is 1. The van der Waals surface area contributed by atoms with Gasteiger partial charge < -0.3 is 19.1 Å². The summed E-state index contributed by atoms with van der Waals surface area (Å²) >= 11 is 0. The number of unbranched alkanes of at least 4 members (excludes halogenated alkanes) is 2. The van der Waals surface area contributed by atoms with Crippen LogP contribution in [0.15, 0.2) is 0 Å². The van der Waals surface area contributed by atoms with E-state index < -0.39 is 0 Å². The smallest absolute Gasteiger partial charge is 0.229 e. The average Bonchev–Trinajstić information content (AvgIpc) is 2.39. The van der Waals surface area contributed by atoms with Crippen molar-refractivity contribution in [1.29, 1.82) is 0 Å². The summed E-state index contributed by atoms with van der Waals surface area (Å²) in [6, 6.07) is 0. The second-order valence-corrected chi connectivity index (χ2v) is 9.45.